The third-order valence-corrected chi connectivity index (χ3v) is 2.18. The molecule has 2 N–H and O–H groups in total. The number of nitrogens with zero attached hydrogens (tertiary/aromatic N) is 4. The molecule has 0 aliphatic carbocycles. The van der Waals surface area contributed by atoms with E-state index in [1.165, 1.54) is 17.2 Å². The van der Waals surface area contributed by atoms with Gasteiger partial charge in [-0.1, -0.05) is 6.58 Å². The normalized spacial score (nSPS) is 12.0. The van der Waals surface area contributed by atoms with E-state index in [-0.39, 0.29) is 11.6 Å². The summed E-state index contributed by atoms with van der Waals surface area (Å²) in [6.07, 6.45) is 2.38. The second-order valence-corrected chi connectivity index (χ2v) is 3.31. The quantitative estimate of drug-likeness (QED) is 0.443. The summed E-state index contributed by atoms with van der Waals surface area (Å²) in [6.45, 7) is 3.33. The molecule has 92 valence electrons. The largest absolute Gasteiger partial charge is 0.460 e. The van der Waals surface area contributed by atoms with Gasteiger partial charge in [-0.2, -0.15) is 0 Å². The minimum absolute atomic E-state index is 0.170. The van der Waals surface area contributed by atoms with E-state index in [1.54, 1.807) is 0 Å². The number of rotatable bonds is 5. The topological polar surface area (TPSA) is 113 Å². The van der Waals surface area contributed by atoms with Gasteiger partial charge >= 0.3 is 0 Å². The Hall–Kier alpha value is -2.77. The van der Waals surface area contributed by atoms with Gasteiger partial charge in [0, 0.05) is 0 Å². The zero-order valence-electron chi connectivity index (χ0n) is 9.18. The molecule has 0 aliphatic heterocycles. The fourth-order valence-electron chi connectivity index (χ4n) is 1.39. The summed E-state index contributed by atoms with van der Waals surface area (Å²) < 4.78 is 6.36. The van der Waals surface area contributed by atoms with Crippen LogP contribution in [0.1, 0.15) is 6.23 Å². The summed E-state index contributed by atoms with van der Waals surface area (Å²) in [5, 5.41) is 0. The maximum atomic E-state index is 11.0. The Morgan fingerprint density at radius 1 is 1.44 bits per heavy atom. The van der Waals surface area contributed by atoms with Crippen molar-refractivity contribution in [3.63, 3.8) is 0 Å². The number of imidazole rings is 1. The van der Waals surface area contributed by atoms with E-state index < -0.39 is 6.23 Å². The van der Waals surface area contributed by atoms with Crippen molar-refractivity contribution in [1.29, 1.82) is 0 Å². The molecule has 0 bridgehead atoms. The molecule has 2 rings (SSSR count). The molecule has 1 atom stereocenters. The van der Waals surface area contributed by atoms with Crippen molar-refractivity contribution in [3.8, 4) is 0 Å². The molecule has 0 amide bonds. The van der Waals surface area contributed by atoms with E-state index in [2.05, 4.69) is 21.5 Å². The molecular formula is C10H9N5O3. The summed E-state index contributed by atoms with van der Waals surface area (Å²) in [4.78, 5) is 33.1. The van der Waals surface area contributed by atoms with E-state index in [9.17, 15) is 9.59 Å². The third kappa shape index (κ3) is 1.90. The molecule has 2 aromatic rings. The minimum Gasteiger partial charge on any atom is -0.460 e. The van der Waals surface area contributed by atoms with Gasteiger partial charge in [0.2, 0.25) is 6.23 Å². The summed E-state index contributed by atoms with van der Waals surface area (Å²) in [7, 11) is 0. The monoisotopic (exact) mass is 247 g/mol. The average molecular weight is 247 g/mol. The van der Waals surface area contributed by atoms with E-state index in [0.717, 1.165) is 0 Å². The lowest BCUT2D eigenvalue weighted by atomic mass is 10.5. The van der Waals surface area contributed by atoms with Crippen LogP contribution in [0.25, 0.3) is 11.2 Å². The molecule has 0 unspecified atom stereocenters. The zero-order chi connectivity index (χ0) is 13.1. The molecule has 0 aliphatic rings. The first-order valence-electron chi connectivity index (χ1n) is 4.86. The van der Waals surface area contributed by atoms with Crippen LogP contribution >= 0.6 is 0 Å². The smallest absolute Gasteiger partial charge is 0.235 e. The van der Waals surface area contributed by atoms with Gasteiger partial charge in [-0.15, -0.1) is 0 Å². The number of carbonyl (C=O) groups excluding carboxylic acids is 2. The maximum absolute atomic E-state index is 11.0. The van der Waals surface area contributed by atoms with Gasteiger partial charge in [0.1, 0.15) is 18.2 Å². The lowest BCUT2D eigenvalue weighted by molar-refractivity contribution is -0.122. The molecule has 0 saturated carbocycles. The third-order valence-electron chi connectivity index (χ3n) is 2.18. The van der Waals surface area contributed by atoms with Crippen LogP contribution in [0.5, 0.6) is 0 Å². The van der Waals surface area contributed by atoms with Crippen molar-refractivity contribution in [1.82, 2.24) is 19.5 Å². The highest BCUT2D eigenvalue weighted by molar-refractivity contribution is 5.82. The van der Waals surface area contributed by atoms with E-state index in [1.807, 2.05) is 0 Å². The summed E-state index contributed by atoms with van der Waals surface area (Å²) in [5.41, 5.74) is 6.29. The molecule has 18 heavy (non-hydrogen) atoms. The highest BCUT2D eigenvalue weighted by Gasteiger charge is 2.17. The molecule has 2 heterocycles. The highest BCUT2D eigenvalue weighted by Crippen LogP contribution is 2.19. The van der Waals surface area contributed by atoms with Crippen LogP contribution in [0.3, 0.4) is 0 Å². The van der Waals surface area contributed by atoms with Crippen LogP contribution in [-0.4, -0.2) is 32.1 Å². The second-order valence-electron chi connectivity index (χ2n) is 3.31. The average Bonchev–Trinajstić information content (AvgIpc) is 2.81. The molecule has 8 nitrogen and oxygen atoms in total. The molecule has 0 radical (unpaired) electrons. The SMILES string of the molecule is C=C(C=O)O[C@@H](C=O)n1cnc2c(N)ncnc21. The van der Waals surface area contributed by atoms with Crippen LogP contribution in [0.2, 0.25) is 0 Å². The number of nitrogens with two attached hydrogens (primary N) is 1. The van der Waals surface area contributed by atoms with Crippen LogP contribution in [-0.2, 0) is 14.3 Å². The molecule has 0 spiro atoms. The first kappa shape index (κ1) is 11.7. The molecule has 2 aromatic heterocycles. The van der Waals surface area contributed by atoms with Crippen LogP contribution in [0, 0.1) is 0 Å². The lowest BCUT2D eigenvalue weighted by Gasteiger charge is -2.13. The van der Waals surface area contributed by atoms with E-state index in [4.69, 9.17) is 10.5 Å². The molecule has 0 fully saturated rings. The Morgan fingerprint density at radius 2 is 2.22 bits per heavy atom. The van der Waals surface area contributed by atoms with Crippen molar-refractivity contribution in [2.75, 3.05) is 5.73 Å². The number of hydrogen-bond donors (Lipinski definition) is 1. The zero-order valence-corrected chi connectivity index (χ0v) is 9.18. The van der Waals surface area contributed by atoms with Gasteiger partial charge in [0.05, 0.1) is 0 Å². The van der Waals surface area contributed by atoms with Crippen molar-refractivity contribution in [2.24, 2.45) is 0 Å². The summed E-state index contributed by atoms with van der Waals surface area (Å²) >= 11 is 0. The first-order chi connectivity index (χ1) is 8.67. The molecule has 0 aromatic carbocycles. The Labute approximate surface area is 101 Å². The van der Waals surface area contributed by atoms with Gasteiger partial charge in [0.25, 0.3) is 0 Å². The Kier molecular flexibility index (Phi) is 3.00. The molecule has 0 saturated heterocycles. The van der Waals surface area contributed by atoms with Crippen molar-refractivity contribution in [3.05, 3.63) is 25.0 Å². The predicted molar refractivity (Wildman–Crippen MR) is 61.1 cm³/mol. The second kappa shape index (κ2) is 4.62. The van der Waals surface area contributed by atoms with Crippen molar-refractivity contribution in [2.45, 2.75) is 6.23 Å². The molecular weight excluding hydrogens is 238 g/mol. The standard InChI is InChI=1S/C10H9N5O3/c1-6(2-16)18-7(3-17)15-5-14-8-9(11)12-4-13-10(8)15/h2-5,7H,1H2,(H2,11,12,13)/t7-/m0/s1. The Morgan fingerprint density at radius 3 is 2.89 bits per heavy atom. The fourth-order valence-corrected chi connectivity index (χ4v) is 1.39. The van der Waals surface area contributed by atoms with Gasteiger partial charge in [-0.05, 0) is 0 Å². The first-order valence-corrected chi connectivity index (χ1v) is 4.86. The van der Waals surface area contributed by atoms with Crippen molar-refractivity contribution < 1.29 is 14.3 Å². The Bertz CT molecular complexity index is 621. The van der Waals surface area contributed by atoms with Crippen LogP contribution in [0.4, 0.5) is 5.82 Å². The number of hydrogen-bond acceptors (Lipinski definition) is 7. The van der Waals surface area contributed by atoms with Gasteiger partial charge < -0.3 is 10.5 Å². The summed E-state index contributed by atoms with van der Waals surface area (Å²) in [6, 6.07) is 0. The van der Waals surface area contributed by atoms with Crippen LogP contribution in [0.15, 0.2) is 25.0 Å². The Balaban J connectivity index is 2.46. The number of nitrogen functional groups attached to an aromatic ring is 1. The van der Waals surface area contributed by atoms with Gasteiger partial charge in [-0.25, -0.2) is 15.0 Å². The number of carbonyl (C=O) groups is 2. The number of fused-ring (bicyclic) bond motifs is 1. The van der Waals surface area contributed by atoms with E-state index in [0.29, 0.717) is 23.7 Å². The van der Waals surface area contributed by atoms with E-state index >= 15 is 0 Å². The maximum Gasteiger partial charge on any atom is 0.235 e. The highest BCUT2D eigenvalue weighted by atomic mass is 16.5. The number of allylic oxidation sites excluding steroid dienone is 1. The minimum atomic E-state index is -1.08. The van der Waals surface area contributed by atoms with Gasteiger partial charge in [0.15, 0.2) is 29.8 Å². The number of anilines is 1. The van der Waals surface area contributed by atoms with Crippen LogP contribution < -0.4 is 5.73 Å². The lowest BCUT2D eigenvalue weighted by Crippen LogP contribution is -2.14. The predicted octanol–water partition coefficient (Wildman–Crippen LogP) is -0.165. The summed E-state index contributed by atoms with van der Waals surface area (Å²) in [5.74, 6) is 0.0218. The van der Waals surface area contributed by atoms with Gasteiger partial charge in [-0.3, -0.25) is 14.2 Å². The van der Waals surface area contributed by atoms with Crippen molar-refractivity contribution >= 4 is 29.6 Å². The number of ether oxygens (including phenoxy) is 1. The fraction of sp³-hybridized carbons (Fsp3) is 0.100. The number of aromatic nitrogens is 4. The molecule has 8 heteroatoms. The number of aldehydes is 2.